The van der Waals surface area contributed by atoms with E-state index in [1.54, 1.807) is 0 Å². The van der Waals surface area contributed by atoms with Crippen LogP contribution in [0.1, 0.15) is 22.6 Å². The summed E-state index contributed by atoms with van der Waals surface area (Å²) in [6.07, 6.45) is -0.719. The van der Waals surface area contributed by atoms with Crippen molar-refractivity contribution in [2.75, 3.05) is 13.2 Å². The van der Waals surface area contributed by atoms with E-state index in [4.69, 9.17) is 4.74 Å². The van der Waals surface area contributed by atoms with Crippen molar-refractivity contribution in [3.05, 3.63) is 95.3 Å². The van der Waals surface area contributed by atoms with Crippen molar-refractivity contribution in [2.45, 2.75) is 12.5 Å². The summed E-state index contributed by atoms with van der Waals surface area (Å²) in [4.78, 5) is 25.0. The fourth-order valence-corrected chi connectivity index (χ4v) is 3.84. The van der Waals surface area contributed by atoms with Gasteiger partial charge in [-0.25, -0.2) is 9.18 Å². The smallest absolute Gasteiger partial charge is 0.410 e. The lowest BCUT2D eigenvalue weighted by molar-refractivity contribution is -0.138. The van der Waals surface area contributed by atoms with Gasteiger partial charge in [-0.15, -0.1) is 0 Å². The predicted molar refractivity (Wildman–Crippen MR) is 110 cm³/mol. The lowest BCUT2D eigenvalue weighted by Crippen LogP contribution is -2.36. The van der Waals surface area contributed by atoms with E-state index < -0.39 is 24.4 Å². The van der Waals surface area contributed by atoms with Crippen LogP contribution in [0.15, 0.2) is 72.8 Å². The average molecular weight is 405 g/mol. The van der Waals surface area contributed by atoms with Crippen molar-refractivity contribution in [2.24, 2.45) is 0 Å². The zero-order valence-electron chi connectivity index (χ0n) is 16.1. The third-order valence-corrected chi connectivity index (χ3v) is 5.21. The maximum Gasteiger partial charge on any atom is 0.410 e. The Labute approximate surface area is 173 Å². The highest BCUT2D eigenvalue weighted by atomic mass is 19.1. The maximum atomic E-state index is 13.1. The molecule has 0 spiro atoms. The van der Waals surface area contributed by atoms with E-state index in [0.717, 1.165) is 27.2 Å². The largest absolute Gasteiger partial charge is 0.480 e. The van der Waals surface area contributed by atoms with Crippen molar-refractivity contribution in [1.29, 1.82) is 0 Å². The molecule has 3 aromatic carbocycles. The summed E-state index contributed by atoms with van der Waals surface area (Å²) in [5, 5.41) is 9.19. The van der Waals surface area contributed by atoms with Gasteiger partial charge in [0.15, 0.2) is 0 Å². The maximum absolute atomic E-state index is 13.1. The monoisotopic (exact) mass is 405 g/mol. The van der Waals surface area contributed by atoms with Crippen LogP contribution in [0.3, 0.4) is 0 Å². The summed E-state index contributed by atoms with van der Waals surface area (Å²) in [7, 11) is 0. The standard InChI is InChI=1S/C24H20FNO4/c25-17-11-9-16(10-12-17)13-26(14-23(27)28)24(29)30-15-22-20-7-3-1-5-18(20)19-6-2-4-8-21(19)22/h1-12,22H,13-15H2,(H,27,28). The summed E-state index contributed by atoms with van der Waals surface area (Å²) < 4.78 is 18.7. The highest BCUT2D eigenvalue weighted by molar-refractivity contribution is 5.79. The lowest BCUT2D eigenvalue weighted by Gasteiger charge is -2.22. The van der Waals surface area contributed by atoms with Crippen LogP contribution in [0.4, 0.5) is 9.18 Å². The van der Waals surface area contributed by atoms with Crippen molar-refractivity contribution in [3.8, 4) is 11.1 Å². The van der Waals surface area contributed by atoms with E-state index in [1.807, 2.05) is 48.5 Å². The molecular formula is C24H20FNO4. The van der Waals surface area contributed by atoms with Crippen molar-refractivity contribution >= 4 is 12.1 Å². The highest BCUT2D eigenvalue weighted by Gasteiger charge is 2.30. The molecule has 0 heterocycles. The number of aliphatic carboxylic acids is 1. The topological polar surface area (TPSA) is 66.8 Å². The number of ether oxygens (including phenoxy) is 1. The van der Waals surface area contributed by atoms with Crippen molar-refractivity contribution in [1.82, 2.24) is 4.90 Å². The minimum Gasteiger partial charge on any atom is -0.480 e. The fourth-order valence-electron chi connectivity index (χ4n) is 3.84. The first-order chi connectivity index (χ1) is 14.5. The van der Waals surface area contributed by atoms with Gasteiger partial charge in [0, 0.05) is 12.5 Å². The molecule has 0 saturated carbocycles. The second kappa shape index (κ2) is 8.37. The minimum absolute atomic E-state index is 0.0171. The first-order valence-corrected chi connectivity index (χ1v) is 9.59. The van der Waals surface area contributed by atoms with Crippen LogP contribution in [0.5, 0.6) is 0 Å². The van der Waals surface area contributed by atoms with E-state index in [2.05, 4.69) is 0 Å². The molecule has 5 nitrogen and oxygen atoms in total. The van der Waals surface area contributed by atoms with Gasteiger partial charge in [-0.1, -0.05) is 60.7 Å². The Kier molecular flexibility index (Phi) is 5.48. The summed E-state index contributed by atoms with van der Waals surface area (Å²) in [6, 6.07) is 21.5. The normalized spacial score (nSPS) is 12.2. The van der Waals surface area contributed by atoms with E-state index in [0.29, 0.717) is 5.56 Å². The molecule has 1 aliphatic rings. The molecule has 1 amide bonds. The number of carboxylic acid groups (broad SMARTS) is 1. The molecule has 0 radical (unpaired) electrons. The summed E-state index contributed by atoms with van der Waals surface area (Å²) in [5.74, 6) is -1.66. The summed E-state index contributed by atoms with van der Waals surface area (Å²) in [5.41, 5.74) is 5.00. The van der Waals surface area contributed by atoms with Gasteiger partial charge in [-0.05, 0) is 39.9 Å². The second-order valence-electron chi connectivity index (χ2n) is 7.18. The number of hydrogen-bond acceptors (Lipinski definition) is 3. The molecule has 0 atom stereocenters. The molecule has 3 aromatic rings. The first-order valence-electron chi connectivity index (χ1n) is 9.59. The zero-order valence-corrected chi connectivity index (χ0v) is 16.1. The van der Waals surface area contributed by atoms with Gasteiger partial charge >= 0.3 is 12.1 Å². The number of hydrogen-bond donors (Lipinski definition) is 1. The molecular weight excluding hydrogens is 385 g/mol. The third-order valence-electron chi connectivity index (χ3n) is 5.21. The van der Waals surface area contributed by atoms with E-state index in [1.165, 1.54) is 24.3 Å². The number of carboxylic acids is 1. The van der Waals surface area contributed by atoms with Gasteiger partial charge in [0.25, 0.3) is 0 Å². The van der Waals surface area contributed by atoms with Crippen molar-refractivity contribution < 1.29 is 23.8 Å². The average Bonchev–Trinajstić information content (AvgIpc) is 3.07. The Bertz CT molecular complexity index is 1040. The molecule has 0 fully saturated rings. The number of nitrogens with zero attached hydrogens (tertiary/aromatic N) is 1. The zero-order chi connectivity index (χ0) is 21.1. The molecule has 30 heavy (non-hydrogen) atoms. The van der Waals surface area contributed by atoms with Crippen LogP contribution in [0.2, 0.25) is 0 Å². The number of carbonyl (C=O) groups is 2. The van der Waals surface area contributed by atoms with Crippen LogP contribution in [-0.2, 0) is 16.1 Å². The molecule has 0 unspecified atom stereocenters. The predicted octanol–water partition coefficient (Wildman–Crippen LogP) is 4.66. The number of benzene rings is 3. The molecule has 152 valence electrons. The van der Waals surface area contributed by atoms with Crippen LogP contribution < -0.4 is 0 Å². The first kappa shape index (κ1) is 19.6. The fraction of sp³-hybridized carbons (Fsp3) is 0.167. The summed E-state index contributed by atoms with van der Waals surface area (Å²) >= 11 is 0. The molecule has 4 rings (SSSR count). The van der Waals surface area contributed by atoms with E-state index in [9.17, 15) is 19.1 Å². The van der Waals surface area contributed by atoms with Gasteiger partial charge in [-0.2, -0.15) is 0 Å². The van der Waals surface area contributed by atoms with Gasteiger partial charge in [0.2, 0.25) is 0 Å². The van der Waals surface area contributed by atoms with Crippen LogP contribution in [0.25, 0.3) is 11.1 Å². The van der Waals surface area contributed by atoms with Crippen LogP contribution in [-0.4, -0.2) is 35.2 Å². The Morgan fingerprint density at radius 3 is 2.03 bits per heavy atom. The summed E-state index contributed by atoms with van der Waals surface area (Å²) in [6.45, 7) is -0.385. The molecule has 0 aliphatic heterocycles. The quantitative estimate of drug-likeness (QED) is 0.648. The third kappa shape index (κ3) is 4.03. The molecule has 0 bridgehead atoms. The Hall–Kier alpha value is -3.67. The van der Waals surface area contributed by atoms with Gasteiger partial charge in [0.1, 0.15) is 19.0 Å². The Morgan fingerprint density at radius 2 is 1.47 bits per heavy atom. The second-order valence-corrected chi connectivity index (χ2v) is 7.18. The molecule has 6 heteroatoms. The van der Waals surface area contributed by atoms with Gasteiger partial charge in [-0.3, -0.25) is 9.69 Å². The van der Waals surface area contributed by atoms with Gasteiger partial charge in [0.05, 0.1) is 0 Å². The lowest BCUT2D eigenvalue weighted by atomic mass is 9.98. The highest BCUT2D eigenvalue weighted by Crippen LogP contribution is 2.44. The number of halogens is 1. The van der Waals surface area contributed by atoms with E-state index >= 15 is 0 Å². The number of fused-ring (bicyclic) bond motifs is 3. The Balaban J connectivity index is 1.50. The number of carbonyl (C=O) groups excluding carboxylic acids is 1. The molecule has 1 aliphatic carbocycles. The van der Waals surface area contributed by atoms with Gasteiger partial charge < -0.3 is 9.84 Å². The van der Waals surface area contributed by atoms with Crippen LogP contribution >= 0.6 is 0 Å². The molecule has 0 saturated heterocycles. The Morgan fingerprint density at radius 1 is 0.900 bits per heavy atom. The van der Waals surface area contributed by atoms with Crippen LogP contribution in [0, 0.1) is 5.82 Å². The van der Waals surface area contributed by atoms with Crippen molar-refractivity contribution in [3.63, 3.8) is 0 Å². The SMILES string of the molecule is O=C(O)CN(Cc1ccc(F)cc1)C(=O)OCC1c2ccccc2-c2ccccc21. The molecule has 1 N–H and O–H groups in total. The molecule has 0 aromatic heterocycles. The minimum atomic E-state index is -1.15. The van der Waals surface area contributed by atoms with E-state index in [-0.39, 0.29) is 19.1 Å². The number of amides is 1. The number of rotatable bonds is 6.